The maximum atomic E-state index is 13.9. The summed E-state index contributed by atoms with van der Waals surface area (Å²) in [6, 6.07) is 14.0. The van der Waals surface area contributed by atoms with Gasteiger partial charge in [0.05, 0.1) is 0 Å². The summed E-state index contributed by atoms with van der Waals surface area (Å²) in [6.45, 7) is 6.11. The highest BCUT2D eigenvalue weighted by Gasteiger charge is 2.08. The van der Waals surface area contributed by atoms with Crippen LogP contribution in [-0.4, -0.2) is 11.9 Å². The van der Waals surface area contributed by atoms with E-state index in [9.17, 15) is 9.18 Å². The van der Waals surface area contributed by atoms with E-state index in [0.29, 0.717) is 17.4 Å². The van der Waals surface area contributed by atoms with Crippen molar-refractivity contribution in [1.29, 1.82) is 0 Å². The minimum atomic E-state index is -0.403. The molecule has 138 valence electrons. The Hall–Kier alpha value is -2.27. The van der Waals surface area contributed by atoms with Crippen LogP contribution in [0.15, 0.2) is 60.0 Å². The van der Waals surface area contributed by atoms with E-state index in [1.54, 1.807) is 29.7 Å². The van der Waals surface area contributed by atoms with Gasteiger partial charge in [0, 0.05) is 17.9 Å². The van der Waals surface area contributed by atoms with Crippen molar-refractivity contribution >= 4 is 17.7 Å². The quantitative estimate of drug-likeness (QED) is 0.619. The Bertz CT molecular complexity index is 747. The third-order valence-electron chi connectivity index (χ3n) is 3.90. The lowest BCUT2D eigenvalue weighted by molar-refractivity contribution is -0.117. The number of benzene rings is 2. The first-order valence-corrected chi connectivity index (χ1v) is 9.60. The molecular formula is C21H24FNO2S. The van der Waals surface area contributed by atoms with Crippen molar-refractivity contribution in [3.05, 3.63) is 71.4 Å². The van der Waals surface area contributed by atoms with E-state index in [1.165, 1.54) is 23.9 Å². The molecular weight excluding hydrogens is 349 g/mol. The van der Waals surface area contributed by atoms with Crippen LogP contribution in [0.2, 0.25) is 0 Å². The van der Waals surface area contributed by atoms with Crippen LogP contribution in [0.25, 0.3) is 0 Å². The molecule has 5 heteroatoms. The van der Waals surface area contributed by atoms with E-state index in [1.807, 2.05) is 25.1 Å². The molecule has 0 saturated heterocycles. The number of carbonyl (C=O) groups excluding carboxylic acids is 1. The molecule has 1 unspecified atom stereocenters. The number of ether oxygens (including phenoxy) is 1. The predicted molar refractivity (Wildman–Crippen MR) is 106 cm³/mol. The molecule has 2 aromatic rings. The zero-order valence-corrected chi connectivity index (χ0v) is 16.1. The van der Waals surface area contributed by atoms with Gasteiger partial charge in [-0.25, -0.2) is 4.39 Å². The molecule has 0 aromatic heterocycles. The fourth-order valence-electron chi connectivity index (χ4n) is 2.02. The van der Waals surface area contributed by atoms with Gasteiger partial charge in [0.25, 0.3) is 0 Å². The molecule has 0 aliphatic rings. The first kappa shape index (κ1) is 20.0. The van der Waals surface area contributed by atoms with Crippen LogP contribution in [0, 0.1) is 11.7 Å². The molecule has 3 nitrogen and oxygen atoms in total. The highest BCUT2D eigenvalue weighted by atomic mass is 32.2. The molecule has 0 bridgehead atoms. The third kappa shape index (κ3) is 6.56. The Morgan fingerprint density at radius 2 is 1.92 bits per heavy atom. The number of thioether (sulfide) groups is 1. The smallest absolute Gasteiger partial charge is 0.244 e. The fourth-order valence-corrected chi connectivity index (χ4v) is 2.71. The molecule has 0 spiro atoms. The summed E-state index contributed by atoms with van der Waals surface area (Å²) in [7, 11) is 0. The molecule has 26 heavy (non-hydrogen) atoms. The number of amides is 1. The predicted octanol–water partition coefficient (Wildman–Crippen LogP) is 5.53. The first-order chi connectivity index (χ1) is 12.5. The topological polar surface area (TPSA) is 38.3 Å². The van der Waals surface area contributed by atoms with Crippen molar-refractivity contribution < 1.29 is 13.9 Å². The maximum Gasteiger partial charge on any atom is 0.244 e. The lowest BCUT2D eigenvalue weighted by atomic mass is 10.1. The molecule has 2 rings (SSSR count). The second kappa shape index (κ2) is 10.0. The van der Waals surface area contributed by atoms with Gasteiger partial charge in [0.2, 0.25) is 5.91 Å². The van der Waals surface area contributed by atoms with Crippen molar-refractivity contribution in [1.82, 2.24) is 5.32 Å². The van der Waals surface area contributed by atoms with Gasteiger partial charge in [0.15, 0.2) is 11.6 Å². The number of para-hydroxylation sites is 1. The van der Waals surface area contributed by atoms with Gasteiger partial charge < -0.3 is 10.1 Å². The van der Waals surface area contributed by atoms with Crippen LogP contribution in [0.3, 0.4) is 0 Å². The minimum absolute atomic E-state index is 0.106. The summed E-state index contributed by atoms with van der Waals surface area (Å²) < 4.78 is 19.5. The van der Waals surface area contributed by atoms with E-state index in [2.05, 4.69) is 19.2 Å². The van der Waals surface area contributed by atoms with Crippen LogP contribution < -0.4 is 10.1 Å². The van der Waals surface area contributed by atoms with Crippen molar-refractivity contribution in [3.8, 4) is 11.5 Å². The van der Waals surface area contributed by atoms with E-state index in [-0.39, 0.29) is 17.7 Å². The molecule has 0 aliphatic carbocycles. The minimum Gasteiger partial charge on any atom is -0.454 e. The summed E-state index contributed by atoms with van der Waals surface area (Å²) in [4.78, 5) is 11.8. The normalized spacial score (nSPS) is 12.3. The number of rotatable bonds is 8. The molecule has 1 amide bonds. The number of hydrogen-bond donors (Lipinski definition) is 1. The third-order valence-corrected chi connectivity index (χ3v) is 4.73. The van der Waals surface area contributed by atoms with E-state index in [4.69, 9.17) is 4.74 Å². The SMILES string of the molecule is CC(C)C(C)NC(=O)/C=C\SCc1ccc(F)c(Oc2ccccc2)c1. The van der Waals surface area contributed by atoms with Gasteiger partial charge in [-0.05, 0) is 48.1 Å². The van der Waals surface area contributed by atoms with E-state index < -0.39 is 5.82 Å². The Labute approximate surface area is 158 Å². The Balaban J connectivity index is 1.89. The summed E-state index contributed by atoms with van der Waals surface area (Å²) in [5.41, 5.74) is 0.919. The molecule has 2 aromatic carbocycles. The van der Waals surface area contributed by atoms with Crippen molar-refractivity contribution in [2.24, 2.45) is 5.92 Å². The Kier molecular flexibility index (Phi) is 7.73. The summed E-state index contributed by atoms with van der Waals surface area (Å²) >= 11 is 1.47. The largest absolute Gasteiger partial charge is 0.454 e. The van der Waals surface area contributed by atoms with Gasteiger partial charge >= 0.3 is 0 Å². The molecule has 0 fully saturated rings. The van der Waals surface area contributed by atoms with E-state index >= 15 is 0 Å². The molecule has 0 radical (unpaired) electrons. The van der Waals surface area contributed by atoms with Gasteiger partial charge in [-0.15, -0.1) is 11.8 Å². The first-order valence-electron chi connectivity index (χ1n) is 8.55. The lowest BCUT2D eigenvalue weighted by Gasteiger charge is -2.15. The molecule has 0 heterocycles. The highest BCUT2D eigenvalue weighted by Crippen LogP contribution is 2.27. The molecule has 0 saturated carbocycles. The van der Waals surface area contributed by atoms with Gasteiger partial charge in [-0.2, -0.15) is 0 Å². The average molecular weight is 373 g/mol. The van der Waals surface area contributed by atoms with Crippen molar-refractivity contribution in [2.45, 2.75) is 32.6 Å². The monoisotopic (exact) mass is 373 g/mol. The maximum absolute atomic E-state index is 13.9. The van der Waals surface area contributed by atoms with Crippen LogP contribution >= 0.6 is 11.8 Å². The second-order valence-corrected chi connectivity index (χ2v) is 7.23. The molecule has 0 aliphatic heterocycles. The van der Waals surface area contributed by atoms with Gasteiger partial charge in [-0.3, -0.25) is 4.79 Å². The Morgan fingerprint density at radius 3 is 2.62 bits per heavy atom. The van der Waals surface area contributed by atoms with E-state index in [0.717, 1.165) is 5.56 Å². The number of hydrogen-bond acceptors (Lipinski definition) is 3. The fraction of sp³-hybridized carbons (Fsp3) is 0.286. The standard InChI is InChI=1S/C21H24FNO2S/c1-15(2)16(3)23-21(24)11-12-26-14-17-9-10-19(22)20(13-17)25-18-7-5-4-6-8-18/h4-13,15-16H,14H2,1-3H3,(H,23,24)/b12-11-. The zero-order chi connectivity index (χ0) is 18.9. The Morgan fingerprint density at radius 1 is 1.19 bits per heavy atom. The summed E-state index contributed by atoms with van der Waals surface area (Å²) in [5.74, 6) is 1.29. The zero-order valence-electron chi connectivity index (χ0n) is 15.2. The van der Waals surface area contributed by atoms with Crippen molar-refractivity contribution in [3.63, 3.8) is 0 Å². The van der Waals surface area contributed by atoms with Crippen LogP contribution in [0.4, 0.5) is 4.39 Å². The second-order valence-electron chi connectivity index (χ2n) is 6.33. The van der Waals surface area contributed by atoms with Gasteiger partial charge in [0.1, 0.15) is 5.75 Å². The number of halogens is 1. The van der Waals surface area contributed by atoms with Crippen molar-refractivity contribution in [2.75, 3.05) is 0 Å². The molecule has 1 N–H and O–H groups in total. The number of nitrogens with one attached hydrogen (secondary N) is 1. The van der Waals surface area contributed by atoms with Crippen LogP contribution in [0.5, 0.6) is 11.5 Å². The summed E-state index contributed by atoms with van der Waals surface area (Å²) in [6.07, 6.45) is 1.52. The summed E-state index contributed by atoms with van der Waals surface area (Å²) in [5, 5.41) is 4.67. The average Bonchev–Trinajstić information content (AvgIpc) is 2.62. The highest BCUT2D eigenvalue weighted by molar-refractivity contribution is 8.01. The van der Waals surface area contributed by atoms with Gasteiger partial charge in [-0.1, -0.05) is 38.1 Å². The van der Waals surface area contributed by atoms with Crippen LogP contribution in [0.1, 0.15) is 26.3 Å². The van der Waals surface area contributed by atoms with Crippen LogP contribution in [-0.2, 0) is 10.5 Å². The number of carbonyl (C=O) groups is 1. The lowest BCUT2D eigenvalue weighted by Crippen LogP contribution is -2.34. The molecule has 1 atom stereocenters.